The molecule has 0 bridgehead atoms. The molecule has 2 aromatic carbocycles. The van der Waals surface area contributed by atoms with E-state index in [0.717, 1.165) is 64.6 Å². The number of halogens is 1. The lowest BCUT2D eigenvalue weighted by molar-refractivity contribution is -0.131. The number of amides is 1. The van der Waals surface area contributed by atoms with Gasteiger partial charge in [-0.1, -0.05) is 12.1 Å². The summed E-state index contributed by atoms with van der Waals surface area (Å²) in [4.78, 5) is 21.8. The van der Waals surface area contributed by atoms with Gasteiger partial charge in [-0.05, 0) is 55.3 Å². The Morgan fingerprint density at radius 3 is 2.16 bits per heavy atom. The molecule has 0 aliphatic carbocycles. The molecule has 2 aromatic rings. The maximum Gasteiger partial charge on any atom is 0.223 e. The molecular formula is C25H33FN4O. The van der Waals surface area contributed by atoms with Gasteiger partial charge >= 0.3 is 0 Å². The Bertz CT molecular complexity index is 885. The summed E-state index contributed by atoms with van der Waals surface area (Å²) >= 11 is 0. The summed E-state index contributed by atoms with van der Waals surface area (Å²) in [6.07, 6.45) is 0.583. The van der Waals surface area contributed by atoms with Gasteiger partial charge in [-0.2, -0.15) is 0 Å². The molecule has 31 heavy (non-hydrogen) atoms. The van der Waals surface area contributed by atoms with Gasteiger partial charge in [0.05, 0.1) is 0 Å². The molecule has 2 fully saturated rings. The highest BCUT2D eigenvalue weighted by atomic mass is 19.1. The average molecular weight is 425 g/mol. The van der Waals surface area contributed by atoms with E-state index in [0.29, 0.717) is 6.42 Å². The molecule has 0 radical (unpaired) electrons. The molecule has 166 valence electrons. The normalized spacial score (nSPS) is 17.8. The van der Waals surface area contributed by atoms with Crippen LogP contribution in [-0.4, -0.2) is 74.6 Å². The number of hydrogen-bond donors (Lipinski definition) is 0. The predicted molar refractivity (Wildman–Crippen MR) is 124 cm³/mol. The van der Waals surface area contributed by atoms with Crippen molar-refractivity contribution in [3.63, 3.8) is 0 Å². The van der Waals surface area contributed by atoms with Gasteiger partial charge < -0.3 is 14.7 Å². The Kier molecular flexibility index (Phi) is 6.76. The van der Waals surface area contributed by atoms with Gasteiger partial charge in [-0.25, -0.2) is 4.39 Å². The van der Waals surface area contributed by atoms with E-state index in [1.165, 1.54) is 28.9 Å². The lowest BCUT2D eigenvalue weighted by Crippen LogP contribution is -2.50. The number of hydrogen-bond acceptors (Lipinski definition) is 4. The second kappa shape index (κ2) is 9.69. The molecular weight excluding hydrogens is 391 g/mol. The fourth-order valence-corrected chi connectivity index (χ4v) is 4.57. The Labute approximate surface area is 185 Å². The van der Waals surface area contributed by atoms with Crippen LogP contribution in [0.5, 0.6) is 0 Å². The smallest absolute Gasteiger partial charge is 0.223 e. The van der Waals surface area contributed by atoms with Crippen molar-refractivity contribution in [1.82, 2.24) is 9.80 Å². The predicted octanol–water partition coefficient (Wildman–Crippen LogP) is 3.30. The molecule has 1 amide bonds. The molecule has 2 aliphatic heterocycles. The third kappa shape index (κ3) is 5.18. The van der Waals surface area contributed by atoms with E-state index < -0.39 is 0 Å². The quantitative estimate of drug-likeness (QED) is 0.737. The summed E-state index contributed by atoms with van der Waals surface area (Å²) in [7, 11) is 0. The van der Waals surface area contributed by atoms with Crippen LogP contribution in [0.2, 0.25) is 0 Å². The van der Waals surface area contributed by atoms with Crippen LogP contribution in [0.4, 0.5) is 15.8 Å². The van der Waals surface area contributed by atoms with Crippen LogP contribution >= 0.6 is 0 Å². The number of rotatable bonds is 5. The standard InChI is InChI=1S/C25H33FN4O/c1-20-4-3-5-24(21(20)2)29-14-12-27(13-15-29)11-10-25(31)30-18-16-28(17-19-30)23-8-6-22(26)7-9-23/h3-9H,10-19H2,1-2H3. The Morgan fingerprint density at radius 2 is 1.48 bits per heavy atom. The highest BCUT2D eigenvalue weighted by Crippen LogP contribution is 2.24. The van der Waals surface area contributed by atoms with Crippen molar-refractivity contribution in [2.24, 2.45) is 0 Å². The maximum atomic E-state index is 13.1. The largest absolute Gasteiger partial charge is 0.369 e. The summed E-state index contributed by atoms with van der Waals surface area (Å²) in [6.45, 7) is 12.3. The zero-order chi connectivity index (χ0) is 21.8. The van der Waals surface area contributed by atoms with Crippen LogP contribution in [-0.2, 0) is 4.79 Å². The van der Waals surface area contributed by atoms with Gasteiger partial charge in [0, 0.05) is 76.7 Å². The topological polar surface area (TPSA) is 30.0 Å². The van der Waals surface area contributed by atoms with Crippen molar-refractivity contribution in [1.29, 1.82) is 0 Å². The van der Waals surface area contributed by atoms with Crippen LogP contribution in [0.1, 0.15) is 17.5 Å². The van der Waals surface area contributed by atoms with Crippen molar-refractivity contribution < 1.29 is 9.18 Å². The van der Waals surface area contributed by atoms with Crippen molar-refractivity contribution in [2.45, 2.75) is 20.3 Å². The molecule has 0 saturated carbocycles. The summed E-state index contributed by atoms with van der Waals surface area (Å²) in [5, 5.41) is 0. The highest BCUT2D eigenvalue weighted by Gasteiger charge is 2.23. The molecule has 0 aromatic heterocycles. The van der Waals surface area contributed by atoms with E-state index in [9.17, 15) is 9.18 Å². The van der Waals surface area contributed by atoms with Gasteiger partial charge in [0.1, 0.15) is 5.82 Å². The fraction of sp³-hybridized carbons (Fsp3) is 0.480. The molecule has 0 unspecified atom stereocenters. The summed E-state index contributed by atoms with van der Waals surface area (Å²) < 4.78 is 13.1. The summed E-state index contributed by atoms with van der Waals surface area (Å²) in [5.41, 5.74) is 5.07. The van der Waals surface area contributed by atoms with Crippen molar-refractivity contribution in [3.8, 4) is 0 Å². The van der Waals surface area contributed by atoms with E-state index >= 15 is 0 Å². The van der Waals surface area contributed by atoms with E-state index in [-0.39, 0.29) is 11.7 Å². The highest BCUT2D eigenvalue weighted by molar-refractivity contribution is 5.76. The van der Waals surface area contributed by atoms with Crippen LogP contribution < -0.4 is 9.80 Å². The summed E-state index contributed by atoms with van der Waals surface area (Å²) in [6, 6.07) is 13.1. The third-order valence-electron chi connectivity index (χ3n) is 6.76. The van der Waals surface area contributed by atoms with Gasteiger partial charge in [0.2, 0.25) is 5.91 Å². The van der Waals surface area contributed by atoms with Gasteiger partial charge in [-0.3, -0.25) is 9.69 Å². The summed E-state index contributed by atoms with van der Waals surface area (Å²) in [5.74, 6) is 0.0307. The monoisotopic (exact) mass is 424 g/mol. The lowest BCUT2D eigenvalue weighted by Gasteiger charge is -2.38. The second-order valence-electron chi connectivity index (χ2n) is 8.64. The van der Waals surface area contributed by atoms with Gasteiger partial charge in [0.25, 0.3) is 0 Å². The Morgan fingerprint density at radius 1 is 0.839 bits per heavy atom. The fourth-order valence-electron chi connectivity index (χ4n) is 4.57. The number of piperazine rings is 2. The van der Waals surface area contributed by atoms with Crippen molar-refractivity contribution in [2.75, 3.05) is 68.7 Å². The molecule has 4 rings (SSSR count). The number of anilines is 2. The SMILES string of the molecule is Cc1cccc(N2CCN(CCC(=O)N3CCN(c4ccc(F)cc4)CC3)CC2)c1C. The minimum atomic E-state index is -0.215. The first-order valence-electron chi connectivity index (χ1n) is 11.3. The first kappa shape index (κ1) is 21.6. The molecule has 2 saturated heterocycles. The average Bonchev–Trinajstić information content (AvgIpc) is 2.80. The molecule has 2 heterocycles. The zero-order valence-electron chi connectivity index (χ0n) is 18.7. The number of carbonyl (C=O) groups is 1. The van der Waals surface area contributed by atoms with Crippen molar-refractivity contribution >= 4 is 17.3 Å². The maximum absolute atomic E-state index is 13.1. The number of aryl methyl sites for hydroxylation is 1. The molecule has 0 N–H and O–H groups in total. The molecule has 6 heteroatoms. The van der Waals surface area contributed by atoms with Crippen molar-refractivity contribution in [3.05, 3.63) is 59.4 Å². The first-order valence-corrected chi connectivity index (χ1v) is 11.3. The lowest BCUT2D eigenvalue weighted by atomic mass is 10.1. The number of nitrogens with zero attached hydrogens (tertiary/aromatic N) is 4. The molecule has 5 nitrogen and oxygen atoms in total. The number of benzene rings is 2. The van der Waals surface area contributed by atoms with E-state index in [4.69, 9.17) is 0 Å². The Balaban J connectivity index is 1.20. The van der Waals surface area contributed by atoms with Crippen LogP contribution in [0, 0.1) is 19.7 Å². The van der Waals surface area contributed by atoms with Gasteiger partial charge in [-0.15, -0.1) is 0 Å². The van der Waals surface area contributed by atoms with Crippen LogP contribution in [0.25, 0.3) is 0 Å². The minimum absolute atomic E-state index is 0.215. The van der Waals surface area contributed by atoms with E-state index in [2.05, 4.69) is 46.7 Å². The second-order valence-corrected chi connectivity index (χ2v) is 8.64. The Hall–Kier alpha value is -2.60. The van der Waals surface area contributed by atoms with Crippen LogP contribution in [0.15, 0.2) is 42.5 Å². The minimum Gasteiger partial charge on any atom is -0.369 e. The third-order valence-corrected chi connectivity index (χ3v) is 6.76. The first-order chi connectivity index (χ1) is 15.0. The van der Waals surface area contributed by atoms with Crippen LogP contribution in [0.3, 0.4) is 0 Å². The molecule has 0 atom stereocenters. The zero-order valence-corrected chi connectivity index (χ0v) is 18.7. The number of carbonyl (C=O) groups excluding carboxylic acids is 1. The van der Waals surface area contributed by atoms with E-state index in [1.54, 1.807) is 0 Å². The molecule has 0 spiro atoms. The molecule has 2 aliphatic rings. The van der Waals surface area contributed by atoms with E-state index in [1.807, 2.05) is 17.0 Å². The van der Waals surface area contributed by atoms with Gasteiger partial charge in [0.15, 0.2) is 0 Å².